The van der Waals surface area contributed by atoms with Gasteiger partial charge >= 0.3 is 0 Å². The normalized spacial score (nSPS) is 18.0. The van der Waals surface area contributed by atoms with Crippen molar-refractivity contribution in [3.05, 3.63) is 46.2 Å². The summed E-state index contributed by atoms with van der Waals surface area (Å²) in [7, 11) is 0. The summed E-state index contributed by atoms with van der Waals surface area (Å²) in [4.78, 5) is 26.6. The van der Waals surface area contributed by atoms with E-state index in [1.54, 1.807) is 6.07 Å². The van der Waals surface area contributed by atoms with Crippen LogP contribution in [0.4, 0.5) is 0 Å². The van der Waals surface area contributed by atoms with Crippen LogP contribution in [0.1, 0.15) is 29.6 Å². The number of aromatic nitrogens is 1. The Morgan fingerprint density at radius 3 is 3.05 bits per heavy atom. The monoisotopic (exact) mass is 286 g/mol. The van der Waals surface area contributed by atoms with E-state index in [-0.39, 0.29) is 17.6 Å². The van der Waals surface area contributed by atoms with Gasteiger partial charge in [0, 0.05) is 30.1 Å². The number of ether oxygens (including phenoxy) is 1. The van der Waals surface area contributed by atoms with E-state index in [9.17, 15) is 9.59 Å². The van der Waals surface area contributed by atoms with Gasteiger partial charge in [-0.3, -0.25) is 9.59 Å². The second-order valence-electron chi connectivity index (χ2n) is 5.27. The van der Waals surface area contributed by atoms with Crippen LogP contribution in [0.25, 0.3) is 10.9 Å². The number of H-pyrrole nitrogens is 1. The highest BCUT2D eigenvalue weighted by molar-refractivity contribution is 6.05. The Balaban J connectivity index is 1.73. The number of benzene rings is 1. The summed E-state index contributed by atoms with van der Waals surface area (Å²) >= 11 is 0. The van der Waals surface area contributed by atoms with Gasteiger partial charge in [-0.15, -0.1) is 0 Å². The summed E-state index contributed by atoms with van der Waals surface area (Å²) < 4.78 is 5.52. The number of carbonyl (C=O) groups is 1. The molecule has 0 aliphatic carbocycles. The molecular formula is C16H18N2O3. The fourth-order valence-electron chi connectivity index (χ4n) is 2.71. The summed E-state index contributed by atoms with van der Waals surface area (Å²) in [6.45, 7) is 1.38. The Labute approximate surface area is 122 Å². The van der Waals surface area contributed by atoms with Crippen LogP contribution in [0.15, 0.2) is 35.1 Å². The maximum Gasteiger partial charge on any atom is 0.252 e. The Kier molecular flexibility index (Phi) is 4.01. The Hall–Kier alpha value is -2.14. The van der Waals surface area contributed by atoms with E-state index in [0.717, 1.165) is 31.3 Å². The van der Waals surface area contributed by atoms with Crippen LogP contribution >= 0.6 is 0 Å². The van der Waals surface area contributed by atoms with Crippen molar-refractivity contribution in [2.75, 3.05) is 13.2 Å². The molecule has 1 aromatic carbocycles. The van der Waals surface area contributed by atoms with Crippen LogP contribution < -0.4 is 10.9 Å². The minimum atomic E-state index is -0.266. The average Bonchev–Trinajstić information content (AvgIpc) is 2.99. The molecule has 1 aromatic heterocycles. The van der Waals surface area contributed by atoms with Crippen LogP contribution in [0, 0.1) is 0 Å². The van der Waals surface area contributed by atoms with Gasteiger partial charge in [0.05, 0.1) is 11.7 Å². The summed E-state index contributed by atoms with van der Waals surface area (Å²) in [5.41, 5.74) is 0.828. The topological polar surface area (TPSA) is 71.2 Å². The van der Waals surface area contributed by atoms with Crippen molar-refractivity contribution in [1.82, 2.24) is 10.3 Å². The Morgan fingerprint density at radius 2 is 2.24 bits per heavy atom. The number of fused-ring (bicyclic) bond motifs is 1. The van der Waals surface area contributed by atoms with Gasteiger partial charge in [-0.1, -0.05) is 18.2 Å². The summed E-state index contributed by atoms with van der Waals surface area (Å²) in [6, 6.07) is 8.66. The van der Waals surface area contributed by atoms with E-state index in [1.807, 2.05) is 18.2 Å². The van der Waals surface area contributed by atoms with Crippen molar-refractivity contribution < 1.29 is 9.53 Å². The van der Waals surface area contributed by atoms with Crippen molar-refractivity contribution in [1.29, 1.82) is 0 Å². The Morgan fingerprint density at radius 1 is 1.38 bits per heavy atom. The highest BCUT2D eigenvalue weighted by atomic mass is 16.5. The molecule has 5 heteroatoms. The molecule has 3 rings (SSSR count). The first-order valence-corrected chi connectivity index (χ1v) is 7.26. The zero-order chi connectivity index (χ0) is 14.7. The van der Waals surface area contributed by atoms with E-state index >= 15 is 0 Å². The van der Waals surface area contributed by atoms with Gasteiger partial charge in [0.1, 0.15) is 0 Å². The standard InChI is InChI=1S/C16H18N2O3/c19-15-10-13(12-5-1-2-6-14(12)18-15)16(20)17-8-7-11-4-3-9-21-11/h1-2,5-6,10-11H,3-4,7-9H2,(H,17,20)(H,18,19)/t11-/m0/s1. The fourth-order valence-corrected chi connectivity index (χ4v) is 2.71. The van der Waals surface area contributed by atoms with Crippen molar-refractivity contribution in [2.45, 2.75) is 25.4 Å². The zero-order valence-electron chi connectivity index (χ0n) is 11.7. The molecule has 1 saturated heterocycles. The second-order valence-corrected chi connectivity index (χ2v) is 5.27. The molecule has 5 nitrogen and oxygen atoms in total. The van der Waals surface area contributed by atoms with Gasteiger partial charge in [0.25, 0.3) is 5.91 Å². The molecule has 1 amide bonds. The number of pyridine rings is 1. The average molecular weight is 286 g/mol. The van der Waals surface area contributed by atoms with E-state index in [0.29, 0.717) is 17.6 Å². The largest absolute Gasteiger partial charge is 0.378 e. The van der Waals surface area contributed by atoms with Crippen LogP contribution in [0.3, 0.4) is 0 Å². The smallest absolute Gasteiger partial charge is 0.252 e. The molecule has 2 aromatic rings. The molecule has 2 heterocycles. The van der Waals surface area contributed by atoms with E-state index in [2.05, 4.69) is 10.3 Å². The zero-order valence-corrected chi connectivity index (χ0v) is 11.7. The lowest BCUT2D eigenvalue weighted by molar-refractivity contribution is 0.0908. The van der Waals surface area contributed by atoms with Crippen LogP contribution in [-0.4, -0.2) is 30.1 Å². The maximum atomic E-state index is 12.3. The SMILES string of the molecule is O=C(NCC[C@@H]1CCCO1)c1cc(=O)[nH]c2ccccc12. The number of amides is 1. The summed E-state index contributed by atoms with van der Waals surface area (Å²) in [5, 5.41) is 3.63. The van der Waals surface area contributed by atoms with Gasteiger partial charge in [0.2, 0.25) is 5.56 Å². The lowest BCUT2D eigenvalue weighted by Crippen LogP contribution is -2.28. The number of rotatable bonds is 4. The highest BCUT2D eigenvalue weighted by Crippen LogP contribution is 2.16. The van der Waals surface area contributed by atoms with Gasteiger partial charge in [-0.2, -0.15) is 0 Å². The third kappa shape index (κ3) is 3.13. The Bertz CT molecular complexity index is 702. The van der Waals surface area contributed by atoms with Crippen molar-refractivity contribution in [3.8, 4) is 0 Å². The molecule has 110 valence electrons. The molecule has 1 fully saturated rings. The fraction of sp³-hybridized carbons (Fsp3) is 0.375. The lowest BCUT2D eigenvalue weighted by atomic mass is 10.1. The molecule has 21 heavy (non-hydrogen) atoms. The van der Waals surface area contributed by atoms with E-state index in [4.69, 9.17) is 4.74 Å². The van der Waals surface area contributed by atoms with Gasteiger partial charge < -0.3 is 15.0 Å². The molecule has 1 atom stereocenters. The number of aromatic amines is 1. The maximum absolute atomic E-state index is 12.3. The third-order valence-corrected chi connectivity index (χ3v) is 3.77. The first kappa shape index (κ1) is 13.8. The number of para-hydroxylation sites is 1. The molecule has 0 unspecified atom stereocenters. The highest BCUT2D eigenvalue weighted by Gasteiger charge is 2.16. The number of carbonyl (C=O) groups excluding carboxylic acids is 1. The van der Waals surface area contributed by atoms with Crippen molar-refractivity contribution in [2.24, 2.45) is 0 Å². The molecule has 1 aliphatic rings. The van der Waals surface area contributed by atoms with Gasteiger partial charge in [-0.25, -0.2) is 0 Å². The van der Waals surface area contributed by atoms with Crippen LogP contribution in [-0.2, 0) is 4.74 Å². The molecule has 0 radical (unpaired) electrons. The van der Waals surface area contributed by atoms with Crippen LogP contribution in [0.2, 0.25) is 0 Å². The molecule has 2 N–H and O–H groups in total. The number of nitrogens with one attached hydrogen (secondary N) is 2. The van der Waals surface area contributed by atoms with E-state index in [1.165, 1.54) is 6.07 Å². The first-order valence-electron chi connectivity index (χ1n) is 7.26. The van der Waals surface area contributed by atoms with Crippen LogP contribution in [0.5, 0.6) is 0 Å². The molecule has 0 bridgehead atoms. The predicted molar refractivity (Wildman–Crippen MR) is 80.5 cm³/mol. The molecule has 1 aliphatic heterocycles. The quantitative estimate of drug-likeness (QED) is 0.900. The van der Waals surface area contributed by atoms with Crippen molar-refractivity contribution >= 4 is 16.8 Å². The predicted octanol–water partition coefficient (Wildman–Crippen LogP) is 1.83. The first-order chi connectivity index (χ1) is 10.2. The molecule has 0 spiro atoms. The second kappa shape index (κ2) is 6.10. The molecule has 0 saturated carbocycles. The minimum absolute atomic E-state index is 0.213. The number of hydrogen-bond donors (Lipinski definition) is 2. The number of hydrogen-bond acceptors (Lipinski definition) is 3. The lowest BCUT2D eigenvalue weighted by Gasteiger charge is -2.11. The van der Waals surface area contributed by atoms with Gasteiger partial charge in [-0.05, 0) is 25.3 Å². The molecular weight excluding hydrogens is 268 g/mol. The van der Waals surface area contributed by atoms with Crippen molar-refractivity contribution in [3.63, 3.8) is 0 Å². The minimum Gasteiger partial charge on any atom is -0.378 e. The third-order valence-electron chi connectivity index (χ3n) is 3.77. The summed E-state index contributed by atoms with van der Waals surface area (Å²) in [6.07, 6.45) is 3.22. The summed E-state index contributed by atoms with van der Waals surface area (Å²) in [5.74, 6) is -0.213. The van der Waals surface area contributed by atoms with E-state index < -0.39 is 0 Å². The van der Waals surface area contributed by atoms with Gasteiger partial charge in [0.15, 0.2) is 0 Å².